The fourth-order valence-corrected chi connectivity index (χ4v) is 4.86. The van der Waals surface area contributed by atoms with E-state index < -0.39 is 10.0 Å². The molecule has 3 rings (SSSR count). The third kappa shape index (κ3) is 4.97. The molecule has 0 fully saturated rings. The number of aryl methyl sites for hydroxylation is 4. The summed E-state index contributed by atoms with van der Waals surface area (Å²) in [7, 11) is -3.92. The van der Waals surface area contributed by atoms with Crippen LogP contribution in [-0.2, 0) is 21.2 Å². The minimum Gasteiger partial charge on any atom is -0.324 e. The predicted octanol–water partition coefficient (Wildman–Crippen LogP) is 5.01. The normalized spacial score (nSPS) is 11.2. The van der Waals surface area contributed by atoms with Crippen LogP contribution in [0.15, 0.2) is 71.6 Å². The van der Waals surface area contributed by atoms with Crippen molar-refractivity contribution in [1.29, 1.82) is 0 Å². The maximum absolute atomic E-state index is 13.5. The van der Waals surface area contributed by atoms with Crippen molar-refractivity contribution in [2.75, 3.05) is 16.2 Å². The molecule has 0 radical (unpaired) electrons. The third-order valence-electron chi connectivity index (χ3n) is 5.40. The molecule has 6 heteroatoms. The Morgan fingerprint density at radius 1 is 0.871 bits per heavy atom. The van der Waals surface area contributed by atoms with Gasteiger partial charge in [0.25, 0.3) is 10.0 Å². The van der Waals surface area contributed by atoms with Gasteiger partial charge in [-0.2, -0.15) is 0 Å². The number of nitrogens with zero attached hydrogens (tertiary/aromatic N) is 1. The number of anilines is 2. The zero-order valence-corrected chi connectivity index (χ0v) is 19.2. The number of para-hydroxylation sites is 1. The van der Waals surface area contributed by atoms with Gasteiger partial charge in [0.2, 0.25) is 5.91 Å². The summed E-state index contributed by atoms with van der Waals surface area (Å²) in [6, 6.07) is 19.4. The first-order valence-electron chi connectivity index (χ1n) is 10.3. The highest BCUT2D eigenvalue weighted by molar-refractivity contribution is 7.92. The van der Waals surface area contributed by atoms with E-state index in [4.69, 9.17) is 0 Å². The van der Waals surface area contributed by atoms with E-state index in [0.717, 1.165) is 34.4 Å². The number of hydrogen-bond acceptors (Lipinski definition) is 3. The van der Waals surface area contributed by atoms with Crippen LogP contribution in [0, 0.1) is 20.8 Å². The Hall–Kier alpha value is -3.12. The van der Waals surface area contributed by atoms with Gasteiger partial charge in [-0.25, -0.2) is 8.42 Å². The van der Waals surface area contributed by atoms with Gasteiger partial charge in [-0.05, 0) is 73.7 Å². The van der Waals surface area contributed by atoms with E-state index in [0.29, 0.717) is 5.69 Å². The summed E-state index contributed by atoms with van der Waals surface area (Å²) in [4.78, 5) is 13.2. The summed E-state index contributed by atoms with van der Waals surface area (Å²) in [5.74, 6) is -0.387. The third-order valence-corrected chi connectivity index (χ3v) is 7.19. The first-order chi connectivity index (χ1) is 14.7. The number of carbonyl (C=O) groups is 1. The first-order valence-corrected chi connectivity index (χ1v) is 11.7. The van der Waals surface area contributed by atoms with E-state index in [1.54, 1.807) is 30.3 Å². The van der Waals surface area contributed by atoms with Gasteiger partial charge in [0.15, 0.2) is 0 Å². The highest BCUT2D eigenvalue weighted by atomic mass is 32.2. The Kier molecular flexibility index (Phi) is 6.81. The van der Waals surface area contributed by atoms with E-state index in [1.807, 2.05) is 52.0 Å². The summed E-state index contributed by atoms with van der Waals surface area (Å²) in [5, 5.41) is 2.93. The predicted molar refractivity (Wildman–Crippen MR) is 126 cm³/mol. The quantitative estimate of drug-likeness (QED) is 0.566. The van der Waals surface area contributed by atoms with Gasteiger partial charge < -0.3 is 5.32 Å². The molecule has 0 spiro atoms. The molecular formula is C25H28N2O3S. The number of rotatable bonds is 7. The van der Waals surface area contributed by atoms with Gasteiger partial charge in [0, 0.05) is 5.69 Å². The van der Waals surface area contributed by atoms with Crippen molar-refractivity contribution in [2.45, 2.75) is 39.0 Å². The second-order valence-electron chi connectivity index (χ2n) is 7.60. The van der Waals surface area contributed by atoms with Crippen LogP contribution in [0.2, 0.25) is 0 Å². The molecule has 1 amide bonds. The Bertz CT molecular complexity index is 1190. The highest BCUT2D eigenvalue weighted by Crippen LogP contribution is 2.26. The van der Waals surface area contributed by atoms with Gasteiger partial charge in [0.05, 0.1) is 10.6 Å². The van der Waals surface area contributed by atoms with Crippen molar-refractivity contribution in [3.05, 3.63) is 89.0 Å². The van der Waals surface area contributed by atoms with Gasteiger partial charge >= 0.3 is 0 Å². The number of nitrogens with one attached hydrogen (secondary N) is 1. The van der Waals surface area contributed by atoms with Crippen molar-refractivity contribution in [3.63, 3.8) is 0 Å². The molecule has 5 nitrogen and oxygen atoms in total. The summed E-state index contributed by atoms with van der Waals surface area (Å²) >= 11 is 0. The van der Waals surface area contributed by atoms with Crippen LogP contribution < -0.4 is 9.62 Å². The Balaban J connectivity index is 1.99. The molecule has 1 N–H and O–H groups in total. The van der Waals surface area contributed by atoms with Crippen molar-refractivity contribution in [3.8, 4) is 0 Å². The average Bonchev–Trinajstić information content (AvgIpc) is 2.76. The van der Waals surface area contributed by atoms with Crippen molar-refractivity contribution in [2.24, 2.45) is 0 Å². The molecular weight excluding hydrogens is 408 g/mol. The molecule has 0 aliphatic rings. The van der Waals surface area contributed by atoms with Crippen LogP contribution >= 0.6 is 0 Å². The van der Waals surface area contributed by atoms with Gasteiger partial charge in [-0.15, -0.1) is 0 Å². The lowest BCUT2D eigenvalue weighted by atomic mass is 10.1. The number of amides is 1. The molecule has 0 heterocycles. The average molecular weight is 437 g/mol. The number of carbonyl (C=O) groups excluding carboxylic acids is 1. The minimum atomic E-state index is -3.92. The number of benzene rings is 3. The summed E-state index contributed by atoms with van der Waals surface area (Å²) < 4.78 is 28.1. The smallest absolute Gasteiger partial charge is 0.264 e. The molecule has 0 saturated heterocycles. The maximum Gasteiger partial charge on any atom is 0.264 e. The number of sulfonamides is 1. The second-order valence-corrected chi connectivity index (χ2v) is 9.47. The molecule has 0 saturated carbocycles. The molecule has 3 aromatic rings. The zero-order valence-electron chi connectivity index (χ0n) is 18.3. The Labute approximate surface area is 184 Å². The van der Waals surface area contributed by atoms with Gasteiger partial charge in [0.1, 0.15) is 6.54 Å². The van der Waals surface area contributed by atoms with E-state index in [1.165, 1.54) is 16.4 Å². The van der Waals surface area contributed by atoms with E-state index >= 15 is 0 Å². The monoisotopic (exact) mass is 436 g/mol. The van der Waals surface area contributed by atoms with Crippen LogP contribution in [0.5, 0.6) is 0 Å². The standard InChI is InChI=1S/C25H28N2O3S/c1-5-21-11-9-10-19(3)25(21)26-24(28)17-27(22-15-14-18(2)20(4)16-22)31(29,30)23-12-7-6-8-13-23/h6-16H,5,17H2,1-4H3,(H,26,28). The zero-order chi connectivity index (χ0) is 22.6. The molecule has 3 aromatic carbocycles. The second kappa shape index (κ2) is 9.35. The molecule has 31 heavy (non-hydrogen) atoms. The van der Waals surface area contributed by atoms with E-state index in [9.17, 15) is 13.2 Å². The van der Waals surface area contributed by atoms with Crippen LogP contribution in [0.1, 0.15) is 29.2 Å². The van der Waals surface area contributed by atoms with Crippen molar-refractivity contribution < 1.29 is 13.2 Å². The summed E-state index contributed by atoms with van der Waals surface area (Å²) in [5.41, 5.74) is 5.17. The topological polar surface area (TPSA) is 66.5 Å². The largest absolute Gasteiger partial charge is 0.324 e. The lowest BCUT2D eigenvalue weighted by molar-refractivity contribution is -0.114. The number of hydrogen-bond donors (Lipinski definition) is 1. The maximum atomic E-state index is 13.5. The van der Waals surface area contributed by atoms with Gasteiger partial charge in [-0.3, -0.25) is 9.10 Å². The minimum absolute atomic E-state index is 0.145. The summed E-state index contributed by atoms with van der Waals surface area (Å²) in [6.07, 6.45) is 0.764. The molecule has 0 aromatic heterocycles. The SMILES string of the molecule is CCc1cccc(C)c1NC(=O)CN(c1ccc(C)c(C)c1)S(=O)(=O)c1ccccc1. The van der Waals surface area contributed by atoms with E-state index in [-0.39, 0.29) is 17.3 Å². The highest BCUT2D eigenvalue weighted by Gasteiger charge is 2.27. The van der Waals surface area contributed by atoms with E-state index in [2.05, 4.69) is 5.32 Å². The fraction of sp³-hybridized carbons (Fsp3) is 0.240. The molecule has 0 bridgehead atoms. The van der Waals surface area contributed by atoms with Crippen LogP contribution in [0.3, 0.4) is 0 Å². The first kappa shape index (κ1) is 22.6. The van der Waals surface area contributed by atoms with Crippen LogP contribution in [0.4, 0.5) is 11.4 Å². The van der Waals surface area contributed by atoms with Gasteiger partial charge in [-0.1, -0.05) is 49.4 Å². The molecule has 0 aliphatic carbocycles. The lowest BCUT2D eigenvalue weighted by Gasteiger charge is -2.25. The Morgan fingerprint density at radius 3 is 2.23 bits per heavy atom. The van der Waals surface area contributed by atoms with Crippen molar-refractivity contribution >= 4 is 27.3 Å². The molecule has 0 atom stereocenters. The fourth-order valence-electron chi connectivity index (χ4n) is 3.43. The lowest BCUT2D eigenvalue weighted by Crippen LogP contribution is -2.38. The van der Waals surface area contributed by atoms with Crippen molar-refractivity contribution in [1.82, 2.24) is 0 Å². The Morgan fingerprint density at radius 2 is 1.58 bits per heavy atom. The van der Waals surface area contributed by atoms with Crippen LogP contribution in [-0.4, -0.2) is 20.9 Å². The molecule has 0 unspecified atom stereocenters. The molecule has 162 valence electrons. The molecule has 0 aliphatic heterocycles. The van der Waals surface area contributed by atoms with Crippen LogP contribution in [0.25, 0.3) is 0 Å². The summed E-state index contributed by atoms with van der Waals surface area (Å²) in [6.45, 7) is 7.51.